The van der Waals surface area contributed by atoms with Crippen LogP contribution in [0.4, 0.5) is 5.69 Å². The van der Waals surface area contributed by atoms with Gasteiger partial charge in [-0.2, -0.15) is 0 Å². The van der Waals surface area contributed by atoms with Crippen LogP contribution in [0.5, 0.6) is 11.5 Å². The molecule has 1 aliphatic heterocycles. The van der Waals surface area contributed by atoms with Crippen LogP contribution in [-0.4, -0.2) is 13.1 Å². The van der Waals surface area contributed by atoms with Gasteiger partial charge in [-0.15, -0.1) is 0 Å². The minimum atomic E-state index is -0.365. The first kappa shape index (κ1) is 17.9. The molecule has 1 aliphatic carbocycles. The number of aryl methyl sites for hydroxylation is 1. The van der Waals surface area contributed by atoms with Crippen molar-refractivity contribution in [1.82, 2.24) is 0 Å². The summed E-state index contributed by atoms with van der Waals surface area (Å²) in [6, 6.07) is 9.91. The molecule has 0 amide bonds. The van der Waals surface area contributed by atoms with E-state index in [-0.39, 0.29) is 17.9 Å². The van der Waals surface area contributed by atoms with Gasteiger partial charge in [0.25, 0.3) is 0 Å². The Balaban J connectivity index is 1.76. The van der Waals surface area contributed by atoms with Gasteiger partial charge >= 0.3 is 5.97 Å². The van der Waals surface area contributed by atoms with E-state index in [9.17, 15) is 4.79 Å². The number of fused-ring (bicyclic) bond motifs is 3. The Hall–Kier alpha value is -2.46. The summed E-state index contributed by atoms with van der Waals surface area (Å²) in [6.07, 6.45) is 5.50. The number of halogens is 1. The summed E-state index contributed by atoms with van der Waals surface area (Å²) in [5, 5.41) is 4.53. The van der Waals surface area contributed by atoms with Crippen LogP contribution >= 0.6 is 11.6 Å². The third kappa shape index (κ3) is 3.08. The van der Waals surface area contributed by atoms with E-state index < -0.39 is 0 Å². The normalized spacial score (nSPS) is 22.6. The second-order valence-corrected chi connectivity index (χ2v) is 7.54. The molecule has 0 radical (unpaired) electrons. The zero-order chi connectivity index (χ0) is 19.1. The van der Waals surface area contributed by atoms with Gasteiger partial charge < -0.3 is 14.8 Å². The van der Waals surface area contributed by atoms with Crippen LogP contribution in [0.15, 0.2) is 42.5 Å². The highest BCUT2D eigenvalue weighted by Gasteiger charge is 2.39. The van der Waals surface area contributed by atoms with Crippen molar-refractivity contribution in [3.8, 4) is 11.5 Å². The van der Waals surface area contributed by atoms with E-state index in [2.05, 4.69) is 30.5 Å². The minimum absolute atomic E-state index is 0.120. The Morgan fingerprint density at radius 1 is 1.22 bits per heavy atom. The summed E-state index contributed by atoms with van der Waals surface area (Å²) in [5.74, 6) is 1.29. The third-order valence-corrected chi connectivity index (χ3v) is 5.80. The largest absolute Gasteiger partial charge is 0.493 e. The number of hydrogen-bond donors (Lipinski definition) is 1. The molecule has 0 saturated carbocycles. The minimum Gasteiger partial charge on any atom is -0.493 e. The molecule has 4 rings (SSSR count). The Morgan fingerprint density at radius 3 is 2.78 bits per heavy atom. The van der Waals surface area contributed by atoms with Gasteiger partial charge in [-0.05, 0) is 48.6 Å². The van der Waals surface area contributed by atoms with Crippen LogP contribution in [0.25, 0.3) is 0 Å². The maximum atomic E-state index is 11.3. The first-order valence-corrected chi connectivity index (χ1v) is 9.46. The number of carbonyl (C=O) groups is 1. The first-order chi connectivity index (χ1) is 13.0. The number of anilines is 1. The SMILES string of the molecule is COc1cc(C2Nc3c(C)ccc(Cl)c3C3C=CCC32)ccc1OC(C)=O. The topological polar surface area (TPSA) is 47.6 Å². The van der Waals surface area contributed by atoms with E-state index in [4.69, 9.17) is 21.1 Å². The van der Waals surface area contributed by atoms with E-state index >= 15 is 0 Å². The second-order valence-electron chi connectivity index (χ2n) is 7.13. The van der Waals surface area contributed by atoms with Gasteiger partial charge in [0.1, 0.15) is 0 Å². The third-order valence-electron chi connectivity index (χ3n) is 5.48. The van der Waals surface area contributed by atoms with Crippen molar-refractivity contribution in [3.05, 3.63) is 64.2 Å². The molecule has 4 nitrogen and oxygen atoms in total. The van der Waals surface area contributed by atoms with E-state index in [1.54, 1.807) is 13.2 Å². The molecular weight excluding hydrogens is 362 g/mol. The molecule has 0 saturated heterocycles. The molecule has 3 unspecified atom stereocenters. The number of nitrogens with one attached hydrogen (secondary N) is 1. The smallest absolute Gasteiger partial charge is 0.308 e. The lowest BCUT2D eigenvalue weighted by molar-refractivity contribution is -0.132. The number of carbonyl (C=O) groups excluding carboxylic acids is 1. The lowest BCUT2D eigenvalue weighted by atomic mass is 9.76. The number of allylic oxidation sites excluding steroid dienone is 2. The predicted molar refractivity (Wildman–Crippen MR) is 107 cm³/mol. The average molecular weight is 384 g/mol. The molecule has 2 aromatic carbocycles. The van der Waals surface area contributed by atoms with Crippen molar-refractivity contribution in [2.75, 3.05) is 12.4 Å². The lowest BCUT2D eigenvalue weighted by Crippen LogP contribution is -2.29. The van der Waals surface area contributed by atoms with Crippen LogP contribution in [0, 0.1) is 12.8 Å². The molecule has 1 heterocycles. The van der Waals surface area contributed by atoms with Crippen LogP contribution in [-0.2, 0) is 4.79 Å². The summed E-state index contributed by atoms with van der Waals surface area (Å²) in [5.41, 5.74) is 4.59. The summed E-state index contributed by atoms with van der Waals surface area (Å²) in [6.45, 7) is 3.48. The highest BCUT2D eigenvalue weighted by molar-refractivity contribution is 6.32. The highest BCUT2D eigenvalue weighted by atomic mass is 35.5. The zero-order valence-electron chi connectivity index (χ0n) is 15.6. The maximum Gasteiger partial charge on any atom is 0.308 e. The Morgan fingerprint density at radius 2 is 2.04 bits per heavy atom. The predicted octanol–water partition coefficient (Wildman–Crippen LogP) is 5.41. The van der Waals surface area contributed by atoms with Crippen LogP contribution < -0.4 is 14.8 Å². The number of methoxy groups -OCH3 is 1. The van der Waals surface area contributed by atoms with Crippen molar-refractivity contribution in [2.24, 2.45) is 5.92 Å². The number of ether oxygens (including phenoxy) is 2. The van der Waals surface area contributed by atoms with Crippen molar-refractivity contribution in [2.45, 2.75) is 32.2 Å². The molecule has 3 atom stereocenters. The van der Waals surface area contributed by atoms with Gasteiger partial charge in [0.2, 0.25) is 0 Å². The fourth-order valence-electron chi connectivity index (χ4n) is 4.26. The van der Waals surface area contributed by atoms with Gasteiger partial charge in [0.05, 0.1) is 13.2 Å². The summed E-state index contributed by atoms with van der Waals surface area (Å²) >= 11 is 6.55. The monoisotopic (exact) mass is 383 g/mol. The van der Waals surface area contributed by atoms with Gasteiger partial charge in [-0.25, -0.2) is 0 Å². The van der Waals surface area contributed by atoms with E-state index in [1.165, 1.54) is 18.1 Å². The van der Waals surface area contributed by atoms with Crippen LogP contribution in [0.3, 0.4) is 0 Å². The fraction of sp³-hybridized carbons (Fsp3) is 0.318. The van der Waals surface area contributed by atoms with E-state index in [0.29, 0.717) is 17.4 Å². The number of rotatable bonds is 3. The Bertz CT molecular complexity index is 937. The molecular formula is C22H22ClNO3. The van der Waals surface area contributed by atoms with Crippen molar-refractivity contribution < 1.29 is 14.3 Å². The average Bonchev–Trinajstić information content (AvgIpc) is 3.13. The summed E-state index contributed by atoms with van der Waals surface area (Å²) < 4.78 is 10.7. The Kier molecular flexibility index (Phi) is 4.60. The maximum absolute atomic E-state index is 11.3. The number of benzene rings is 2. The lowest BCUT2D eigenvalue weighted by Gasteiger charge is -2.39. The van der Waals surface area contributed by atoms with Crippen molar-refractivity contribution in [1.29, 1.82) is 0 Å². The molecule has 27 heavy (non-hydrogen) atoms. The molecule has 1 N–H and O–H groups in total. The van der Waals surface area contributed by atoms with Gasteiger partial charge in [0, 0.05) is 29.1 Å². The van der Waals surface area contributed by atoms with Crippen molar-refractivity contribution >= 4 is 23.3 Å². The molecule has 0 bridgehead atoms. The Labute approximate surface area is 164 Å². The fourth-order valence-corrected chi connectivity index (χ4v) is 4.54. The molecule has 5 heteroatoms. The van der Waals surface area contributed by atoms with Crippen LogP contribution in [0.2, 0.25) is 5.02 Å². The zero-order valence-corrected chi connectivity index (χ0v) is 16.3. The van der Waals surface area contributed by atoms with Gasteiger partial charge in [-0.1, -0.05) is 35.9 Å². The molecule has 0 fully saturated rings. The number of hydrogen-bond acceptors (Lipinski definition) is 4. The van der Waals surface area contributed by atoms with E-state index in [1.807, 2.05) is 18.2 Å². The molecule has 0 aromatic heterocycles. The molecule has 0 spiro atoms. The van der Waals surface area contributed by atoms with Crippen LogP contribution in [0.1, 0.15) is 42.0 Å². The highest BCUT2D eigenvalue weighted by Crippen LogP contribution is 2.53. The first-order valence-electron chi connectivity index (χ1n) is 9.08. The molecule has 2 aliphatic rings. The quantitative estimate of drug-likeness (QED) is 0.437. The van der Waals surface area contributed by atoms with Gasteiger partial charge in [0.15, 0.2) is 11.5 Å². The second kappa shape index (κ2) is 6.93. The van der Waals surface area contributed by atoms with E-state index in [0.717, 1.165) is 22.7 Å². The summed E-state index contributed by atoms with van der Waals surface area (Å²) in [4.78, 5) is 11.3. The van der Waals surface area contributed by atoms with Gasteiger partial charge in [-0.3, -0.25) is 4.79 Å². The van der Waals surface area contributed by atoms with Crippen molar-refractivity contribution in [3.63, 3.8) is 0 Å². The summed E-state index contributed by atoms with van der Waals surface area (Å²) in [7, 11) is 1.58. The molecule has 140 valence electrons. The molecule has 2 aromatic rings. The standard InChI is InChI=1S/C22H22ClNO3/c1-12-7-9-17(23)20-15-5-4-6-16(15)22(24-21(12)20)14-8-10-18(27-13(2)25)19(11-14)26-3/h4-5,7-11,15-16,22,24H,6H2,1-3H3. The number of esters is 1.